The molecule has 0 radical (unpaired) electrons. The van der Waals surface area contributed by atoms with E-state index < -0.39 is 0 Å². The van der Waals surface area contributed by atoms with E-state index in [1.54, 1.807) is 0 Å². The number of hydrogen-bond acceptors (Lipinski definition) is 2. The fourth-order valence-electron chi connectivity index (χ4n) is 3.89. The Bertz CT molecular complexity index is 281. The molecule has 0 bridgehead atoms. The van der Waals surface area contributed by atoms with Crippen LogP contribution in [0.3, 0.4) is 0 Å². The maximum Gasteiger partial charge on any atom is 0.0244 e. The summed E-state index contributed by atoms with van der Waals surface area (Å²) in [5.74, 6) is 1.56. The van der Waals surface area contributed by atoms with Gasteiger partial charge in [-0.2, -0.15) is 0 Å². The molecule has 2 nitrogen and oxygen atoms in total. The third-order valence-electron chi connectivity index (χ3n) is 5.21. The minimum Gasteiger partial charge on any atom is -0.311 e. The molecule has 19 heavy (non-hydrogen) atoms. The highest BCUT2D eigenvalue weighted by molar-refractivity contribution is 4.93. The quantitative estimate of drug-likeness (QED) is 0.819. The highest BCUT2D eigenvalue weighted by Crippen LogP contribution is 2.41. The molecule has 1 heterocycles. The Hall–Kier alpha value is -0.0800. The van der Waals surface area contributed by atoms with Crippen molar-refractivity contribution >= 4 is 0 Å². The molecule has 0 amide bonds. The van der Waals surface area contributed by atoms with Gasteiger partial charge in [-0.05, 0) is 36.5 Å². The normalized spacial score (nSPS) is 31.7. The molecular weight excluding hydrogens is 232 g/mol. The van der Waals surface area contributed by atoms with Crippen LogP contribution < -0.4 is 5.32 Å². The van der Waals surface area contributed by atoms with Crippen molar-refractivity contribution in [2.24, 2.45) is 17.3 Å². The number of nitrogens with zero attached hydrogens (tertiary/aromatic N) is 1. The molecule has 112 valence electrons. The maximum atomic E-state index is 3.79. The van der Waals surface area contributed by atoms with Crippen LogP contribution in [0.25, 0.3) is 0 Å². The second kappa shape index (κ2) is 6.13. The zero-order chi connectivity index (χ0) is 14.0. The first-order valence-electron chi connectivity index (χ1n) is 8.37. The second-order valence-electron chi connectivity index (χ2n) is 8.14. The van der Waals surface area contributed by atoms with Crippen molar-refractivity contribution in [1.29, 1.82) is 0 Å². The fourth-order valence-corrected chi connectivity index (χ4v) is 3.89. The van der Waals surface area contributed by atoms with Crippen molar-refractivity contribution in [2.75, 3.05) is 19.6 Å². The lowest BCUT2D eigenvalue weighted by molar-refractivity contribution is 0.0186. The molecule has 2 heteroatoms. The molecule has 1 N–H and O–H groups in total. The zero-order valence-electron chi connectivity index (χ0n) is 13.7. The number of nitrogens with one attached hydrogen (secondary N) is 1. The Labute approximate surface area is 120 Å². The molecule has 0 aromatic carbocycles. The van der Waals surface area contributed by atoms with Crippen molar-refractivity contribution in [2.45, 2.75) is 72.4 Å². The predicted molar refractivity (Wildman–Crippen MR) is 83.4 cm³/mol. The molecule has 2 unspecified atom stereocenters. The molecule has 1 aliphatic carbocycles. The monoisotopic (exact) mass is 266 g/mol. The van der Waals surface area contributed by atoms with Crippen LogP contribution in [0.1, 0.15) is 60.3 Å². The van der Waals surface area contributed by atoms with Gasteiger partial charge in [-0.3, -0.25) is 4.90 Å². The van der Waals surface area contributed by atoms with Crippen LogP contribution in [0.2, 0.25) is 0 Å². The summed E-state index contributed by atoms with van der Waals surface area (Å²) in [6.07, 6.45) is 5.65. The highest BCUT2D eigenvalue weighted by atomic mass is 15.2. The second-order valence-corrected chi connectivity index (χ2v) is 8.14. The average Bonchev–Trinajstić information content (AvgIpc) is 2.25. The lowest BCUT2D eigenvalue weighted by Gasteiger charge is -2.49. The Morgan fingerprint density at radius 3 is 2.37 bits per heavy atom. The Kier molecular flexibility index (Phi) is 4.94. The van der Waals surface area contributed by atoms with Gasteiger partial charge in [-0.1, -0.05) is 41.0 Å². The van der Waals surface area contributed by atoms with Crippen molar-refractivity contribution in [1.82, 2.24) is 10.2 Å². The molecular formula is C17H34N2. The lowest BCUT2D eigenvalue weighted by Crippen LogP contribution is -2.60. The van der Waals surface area contributed by atoms with Gasteiger partial charge in [-0.15, -0.1) is 0 Å². The standard InChI is InChI=1S/C17H34N2/c1-13(2)9-15-11-19(12-17(5)7-6-8-17)16(10-18-15)14(3)4/h13-16,18H,6-12H2,1-5H3. The predicted octanol–water partition coefficient (Wildman–Crippen LogP) is 3.52. The van der Waals surface area contributed by atoms with Gasteiger partial charge in [0.25, 0.3) is 0 Å². The SMILES string of the molecule is CC(C)CC1CN(CC2(C)CCC2)C(C(C)C)CN1. The van der Waals surface area contributed by atoms with E-state index in [1.165, 1.54) is 45.3 Å². The summed E-state index contributed by atoms with van der Waals surface area (Å²) in [5, 5.41) is 3.79. The molecule has 2 rings (SSSR count). The van der Waals surface area contributed by atoms with E-state index in [0.29, 0.717) is 11.5 Å². The number of piperazine rings is 1. The van der Waals surface area contributed by atoms with Gasteiger partial charge in [0.05, 0.1) is 0 Å². The molecule has 2 atom stereocenters. The Morgan fingerprint density at radius 2 is 1.89 bits per heavy atom. The van der Waals surface area contributed by atoms with E-state index in [1.807, 2.05) is 0 Å². The molecule has 0 spiro atoms. The summed E-state index contributed by atoms with van der Waals surface area (Å²) in [7, 11) is 0. The number of rotatable bonds is 5. The van der Waals surface area contributed by atoms with Crippen LogP contribution >= 0.6 is 0 Å². The minimum atomic E-state index is 0.618. The van der Waals surface area contributed by atoms with Crippen LogP contribution in [0.4, 0.5) is 0 Å². The fraction of sp³-hybridized carbons (Fsp3) is 1.00. The van der Waals surface area contributed by atoms with Crippen LogP contribution in [-0.2, 0) is 0 Å². The summed E-state index contributed by atoms with van der Waals surface area (Å²) in [4.78, 5) is 2.81. The van der Waals surface area contributed by atoms with Gasteiger partial charge in [0.1, 0.15) is 0 Å². The van der Waals surface area contributed by atoms with E-state index in [-0.39, 0.29) is 0 Å². The number of hydrogen-bond donors (Lipinski definition) is 1. The lowest BCUT2D eigenvalue weighted by atomic mass is 9.69. The molecule has 1 saturated heterocycles. The van der Waals surface area contributed by atoms with E-state index >= 15 is 0 Å². The maximum absolute atomic E-state index is 3.79. The van der Waals surface area contributed by atoms with Gasteiger partial charge in [0.15, 0.2) is 0 Å². The highest BCUT2D eigenvalue weighted by Gasteiger charge is 2.38. The van der Waals surface area contributed by atoms with Crippen molar-refractivity contribution in [3.63, 3.8) is 0 Å². The first-order valence-corrected chi connectivity index (χ1v) is 8.37. The largest absolute Gasteiger partial charge is 0.311 e. The average molecular weight is 266 g/mol. The van der Waals surface area contributed by atoms with E-state index in [4.69, 9.17) is 0 Å². The topological polar surface area (TPSA) is 15.3 Å². The minimum absolute atomic E-state index is 0.618. The summed E-state index contributed by atoms with van der Waals surface area (Å²) in [6.45, 7) is 15.7. The smallest absolute Gasteiger partial charge is 0.0244 e. The van der Waals surface area contributed by atoms with E-state index in [0.717, 1.165) is 17.9 Å². The summed E-state index contributed by atoms with van der Waals surface area (Å²) < 4.78 is 0. The third-order valence-corrected chi connectivity index (χ3v) is 5.21. The van der Waals surface area contributed by atoms with Crippen LogP contribution in [-0.4, -0.2) is 36.6 Å². The van der Waals surface area contributed by atoms with Crippen molar-refractivity contribution < 1.29 is 0 Å². The molecule has 2 aliphatic rings. The molecule has 1 saturated carbocycles. The van der Waals surface area contributed by atoms with Gasteiger partial charge in [-0.25, -0.2) is 0 Å². The molecule has 0 aromatic heterocycles. The van der Waals surface area contributed by atoms with Gasteiger partial charge >= 0.3 is 0 Å². The van der Waals surface area contributed by atoms with Gasteiger partial charge in [0, 0.05) is 31.7 Å². The summed E-state index contributed by atoms with van der Waals surface area (Å²) >= 11 is 0. The molecule has 1 aliphatic heterocycles. The third kappa shape index (κ3) is 3.95. The molecule has 0 aromatic rings. The molecule has 2 fully saturated rings. The van der Waals surface area contributed by atoms with Crippen LogP contribution in [0.15, 0.2) is 0 Å². The van der Waals surface area contributed by atoms with Crippen LogP contribution in [0, 0.1) is 17.3 Å². The van der Waals surface area contributed by atoms with Crippen LogP contribution in [0.5, 0.6) is 0 Å². The van der Waals surface area contributed by atoms with Gasteiger partial charge < -0.3 is 5.32 Å². The van der Waals surface area contributed by atoms with Gasteiger partial charge in [0.2, 0.25) is 0 Å². The van der Waals surface area contributed by atoms with Crippen molar-refractivity contribution in [3.8, 4) is 0 Å². The summed E-state index contributed by atoms with van der Waals surface area (Å²) in [5.41, 5.74) is 0.618. The first-order chi connectivity index (χ1) is 8.89. The zero-order valence-corrected chi connectivity index (χ0v) is 13.7. The summed E-state index contributed by atoms with van der Waals surface area (Å²) in [6, 6.07) is 1.44. The van der Waals surface area contributed by atoms with Crippen molar-refractivity contribution in [3.05, 3.63) is 0 Å². The first kappa shape index (κ1) is 15.3. The van der Waals surface area contributed by atoms with E-state index in [2.05, 4.69) is 44.8 Å². The Morgan fingerprint density at radius 1 is 1.21 bits per heavy atom. The Balaban J connectivity index is 1.96. The van der Waals surface area contributed by atoms with E-state index in [9.17, 15) is 0 Å².